The van der Waals surface area contributed by atoms with Crippen LogP contribution in [-0.4, -0.2) is 18.3 Å². The highest BCUT2D eigenvalue weighted by molar-refractivity contribution is 14.1. The van der Waals surface area contributed by atoms with E-state index in [9.17, 15) is 27.3 Å². The predicted octanol–water partition coefficient (Wildman–Crippen LogP) is 2.46. The van der Waals surface area contributed by atoms with Crippen molar-refractivity contribution in [3.63, 3.8) is 0 Å². The summed E-state index contributed by atoms with van der Waals surface area (Å²) in [6.45, 7) is 0. The number of aromatic nitrogens is 1. The monoisotopic (exact) mass is 398 g/mol. The first-order chi connectivity index (χ1) is 7.66. The van der Waals surface area contributed by atoms with Crippen LogP contribution in [0.2, 0.25) is 0 Å². The number of pyridine rings is 1. The van der Waals surface area contributed by atoms with Crippen LogP contribution in [0.5, 0.6) is 0 Å². The standard InChI is InChI=1S/C6H2ClF2IN2O4S/c7-17(15,16)4-2(10)1-11-6(12(13)14)3(4)5(8)9/h1,5H. The average Bonchev–Trinajstić information content (AvgIpc) is 2.14. The van der Waals surface area contributed by atoms with E-state index in [2.05, 4.69) is 4.98 Å². The number of rotatable bonds is 3. The van der Waals surface area contributed by atoms with Crippen LogP contribution in [0.15, 0.2) is 11.1 Å². The molecule has 0 bridgehead atoms. The van der Waals surface area contributed by atoms with Gasteiger partial charge in [0.1, 0.15) is 10.5 Å². The van der Waals surface area contributed by atoms with Gasteiger partial charge >= 0.3 is 5.82 Å². The molecule has 0 saturated carbocycles. The van der Waals surface area contributed by atoms with Crippen molar-refractivity contribution < 1.29 is 22.1 Å². The maximum atomic E-state index is 12.7. The van der Waals surface area contributed by atoms with Gasteiger partial charge in [-0.25, -0.2) is 17.2 Å². The Kier molecular flexibility index (Phi) is 4.19. The molecule has 0 saturated heterocycles. The fourth-order valence-corrected chi connectivity index (χ4v) is 3.98. The lowest BCUT2D eigenvalue weighted by atomic mass is 10.2. The Bertz CT molecular complexity index is 580. The Hall–Kier alpha value is -0.620. The average molecular weight is 399 g/mol. The number of halogens is 4. The van der Waals surface area contributed by atoms with Gasteiger partial charge in [0.15, 0.2) is 6.20 Å². The summed E-state index contributed by atoms with van der Waals surface area (Å²) < 4.78 is 47.4. The lowest BCUT2D eigenvalue weighted by molar-refractivity contribution is -0.391. The van der Waals surface area contributed by atoms with Gasteiger partial charge in [0.25, 0.3) is 15.5 Å². The van der Waals surface area contributed by atoms with Crippen molar-refractivity contribution in [1.82, 2.24) is 4.98 Å². The first-order valence-electron chi connectivity index (χ1n) is 3.72. The van der Waals surface area contributed by atoms with Gasteiger partial charge in [-0.15, -0.1) is 0 Å². The molecule has 0 aromatic carbocycles. The van der Waals surface area contributed by atoms with E-state index in [0.29, 0.717) is 0 Å². The zero-order valence-electron chi connectivity index (χ0n) is 7.60. The molecule has 0 atom stereocenters. The fourth-order valence-electron chi connectivity index (χ4n) is 1.07. The minimum absolute atomic E-state index is 0.210. The van der Waals surface area contributed by atoms with Gasteiger partial charge in [-0.05, 0) is 32.5 Å². The van der Waals surface area contributed by atoms with Gasteiger partial charge < -0.3 is 10.1 Å². The van der Waals surface area contributed by atoms with Crippen LogP contribution in [0, 0.1) is 13.7 Å². The molecular weight excluding hydrogens is 396 g/mol. The maximum Gasteiger partial charge on any atom is 0.373 e. The number of hydrogen-bond acceptors (Lipinski definition) is 5. The number of nitrogens with zero attached hydrogens (tertiary/aromatic N) is 2. The van der Waals surface area contributed by atoms with E-state index in [4.69, 9.17) is 10.7 Å². The molecule has 0 radical (unpaired) electrons. The molecule has 0 spiro atoms. The molecule has 11 heteroatoms. The normalized spacial score (nSPS) is 11.8. The Morgan fingerprint density at radius 3 is 2.41 bits per heavy atom. The van der Waals surface area contributed by atoms with Crippen molar-refractivity contribution in [3.8, 4) is 0 Å². The zero-order valence-corrected chi connectivity index (χ0v) is 11.3. The highest BCUT2D eigenvalue weighted by atomic mass is 127. The zero-order chi connectivity index (χ0) is 13.4. The topological polar surface area (TPSA) is 90.2 Å². The lowest BCUT2D eigenvalue weighted by Gasteiger charge is -2.07. The predicted molar refractivity (Wildman–Crippen MR) is 61.6 cm³/mol. The molecular formula is C6H2ClF2IN2O4S. The van der Waals surface area contributed by atoms with Crippen LogP contribution in [-0.2, 0) is 9.05 Å². The molecule has 0 aliphatic carbocycles. The molecule has 1 heterocycles. The smallest absolute Gasteiger partial charge is 0.358 e. The molecule has 6 nitrogen and oxygen atoms in total. The molecule has 0 aliphatic heterocycles. The molecule has 94 valence electrons. The summed E-state index contributed by atoms with van der Waals surface area (Å²) in [4.78, 5) is 11.5. The molecule has 1 aromatic rings. The molecule has 0 N–H and O–H groups in total. The fraction of sp³-hybridized carbons (Fsp3) is 0.167. The Morgan fingerprint density at radius 1 is 1.53 bits per heavy atom. The summed E-state index contributed by atoms with van der Waals surface area (Å²) >= 11 is 1.40. The summed E-state index contributed by atoms with van der Waals surface area (Å²) in [5.41, 5.74) is -1.29. The third-order valence-corrected chi connectivity index (χ3v) is 4.21. The summed E-state index contributed by atoms with van der Waals surface area (Å²) in [6.07, 6.45) is -2.58. The van der Waals surface area contributed by atoms with Crippen molar-refractivity contribution in [2.24, 2.45) is 0 Å². The van der Waals surface area contributed by atoms with E-state index in [1.54, 1.807) is 0 Å². The van der Waals surface area contributed by atoms with E-state index in [1.165, 1.54) is 22.6 Å². The third-order valence-electron chi connectivity index (χ3n) is 1.64. The molecule has 1 aromatic heterocycles. The van der Waals surface area contributed by atoms with Gasteiger partial charge in [-0.1, -0.05) is 0 Å². The molecule has 0 amide bonds. The lowest BCUT2D eigenvalue weighted by Crippen LogP contribution is -2.08. The van der Waals surface area contributed by atoms with E-state index in [1.807, 2.05) is 0 Å². The van der Waals surface area contributed by atoms with Gasteiger partial charge in [0.05, 0.1) is 3.57 Å². The van der Waals surface area contributed by atoms with Gasteiger partial charge in [-0.3, -0.25) is 0 Å². The SMILES string of the molecule is O=[N+]([O-])c1ncc(I)c(S(=O)(=O)Cl)c1C(F)F. The molecule has 0 unspecified atom stereocenters. The molecule has 17 heavy (non-hydrogen) atoms. The minimum Gasteiger partial charge on any atom is -0.358 e. The Balaban J connectivity index is 3.80. The highest BCUT2D eigenvalue weighted by Crippen LogP contribution is 2.37. The van der Waals surface area contributed by atoms with E-state index in [-0.39, 0.29) is 3.57 Å². The third kappa shape index (κ3) is 2.98. The first-order valence-corrected chi connectivity index (χ1v) is 7.10. The van der Waals surface area contributed by atoms with Crippen molar-refractivity contribution in [2.45, 2.75) is 11.3 Å². The quantitative estimate of drug-likeness (QED) is 0.338. The molecule has 1 rings (SSSR count). The van der Waals surface area contributed by atoms with Crippen LogP contribution in [0.3, 0.4) is 0 Å². The van der Waals surface area contributed by atoms with Crippen molar-refractivity contribution >= 4 is 48.1 Å². The summed E-state index contributed by atoms with van der Waals surface area (Å²) in [6, 6.07) is 0. The number of alkyl halides is 2. The van der Waals surface area contributed by atoms with E-state index in [0.717, 1.165) is 6.20 Å². The van der Waals surface area contributed by atoms with Gasteiger partial charge in [0, 0.05) is 10.7 Å². The van der Waals surface area contributed by atoms with Crippen LogP contribution >= 0.6 is 33.3 Å². The molecule has 0 fully saturated rings. The van der Waals surface area contributed by atoms with E-state index >= 15 is 0 Å². The second-order valence-electron chi connectivity index (χ2n) is 2.67. The van der Waals surface area contributed by atoms with Crippen molar-refractivity contribution in [2.75, 3.05) is 0 Å². The highest BCUT2D eigenvalue weighted by Gasteiger charge is 2.34. The largest absolute Gasteiger partial charge is 0.373 e. The molecule has 0 aliphatic rings. The van der Waals surface area contributed by atoms with Crippen LogP contribution in [0.4, 0.5) is 14.6 Å². The van der Waals surface area contributed by atoms with Crippen LogP contribution in [0.1, 0.15) is 12.0 Å². The number of nitro groups is 1. The maximum absolute atomic E-state index is 12.7. The second kappa shape index (κ2) is 4.94. The van der Waals surface area contributed by atoms with Crippen molar-refractivity contribution in [1.29, 1.82) is 0 Å². The summed E-state index contributed by atoms with van der Waals surface area (Å²) in [5, 5.41) is 10.5. The summed E-state index contributed by atoms with van der Waals surface area (Å²) in [7, 11) is 0.449. The Morgan fingerprint density at radius 2 is 2.06 bits per heavy atom. The minimum atomic E-state index is -4.52. The second-order valence-corrected chi connectivity index (χ2v) is 6.33. The van der Waals surface area contributed by atoms with Crippen LogP contribution in [0.25, 0.3) is 0 Å². The summed E-state index contributed by atoms with van der Waals surface area (Å²) in [5.74, 6) is -1.22. The number of hydrogen-bond donors (Lipinski definition) is 0. The van der Waals surface area contributed by atoms with Gasteiger partial charge in [0.2, 0.25) is 0 Å². The van der Waals surface area contributed by atoms with Gasteiger partial charge in [-0.2, -0.15) is 0 Å². The van der Waals surface area contributed by atoms with E-state index < -0.39 is 36.7 Å². The Labute approximate surface area is 112 Å². The van der Waals surface area contributed by atoms with Crippen molar-refractivity contribution in [3.05, 3.63) is 25.4 Å². The van der Waals surface area contributed by atoms with Crippen LogP contribution < -0.4 is 0 Å². The first kappa shape index (κ1) is 14.4.